The number of aromatic amines is 1. The zero-order valence-corrected chi connectivity index (χ0v) is 19.8. The summed E-state index contributed by atoms with van der Waals surface area (Å²) in [5, 5.41) is 11.1. The zero-order chi connectivity index (χ0) is 24.5. The van der Waals surface area contributed by atoms with Gasteiger partial charge in [0.2, 0.25) is 0 Å². The van der Waals surface area contributed by atoms with E-state index in [-0.39, 0.29) is 17.7 Å². The molecule has 2 aromatic heterocycles. The maximum atomic E-state index is 13.5. The molecule has 7 heteroatoms. The predicted octanol–water partition coefficient (Wildman–Crippen LogP) is 5.64. The van der Waals surface area contributed by atoms with Crippen LogP contribution < -0.4 is 10.6 Å². The van der Waals surface area contributed by atoms with Gasteiger partial charge in [-0.1, -0.05) is 65.9 Å². The third-order valence-electron chi connectivity index (χ3n) is 7.17. The lowest BCUT2D eigenvalue weighted by Gasteiger charge is -2.23. The van der Waals surface area contributed by atoms with Crippen LogP contribution in [-0.2, 0) is 0 Å². The van der Waals surface area contributed by atoms with E-state index in [0.717, 1.165) is 42.6 Å². The fourth-order valence-corrected chi connectivity index (χ4v) is 5.50. The lowest BCUT2D eigenvalue weighted by molar-refractivity contribution is 0.625. The highest BCUT2D eigenvalue weighted by Gasteiger charge is 2.29. The van der Waals surface area contributed by atoms with E-state index in [1.165, 1.54) is 16.8 Å². The number of nitrogen functional groups attached to an aromatic ring is 1. The van der Waals surface area contributed by atoms with Gasteiger partial charge in [-0.3, -0.25) is 0 Å². The van der Waals surface area contributed by atoms with Crippen molar-refractivity contribution >= 4 is 22.7 Å². The molecule has 6 nitrogen and oxygen atoms in total. The molecule has 180 valence electrons. The monoisotopic (exact) mass is 478 g/mol. The summed E-state index contributed by atoms with van der Waals surface area (Å²) in [5.74, 6) is 0.614. The summed E-state index contributed by atoms with van der Waals surface area (Å²) in [6.07, 6.45) is 1.90. The average Bonchev–Trinajstić information content (AvgIpc) is 3.52. The topological polar surface area (TPSA) is 83.7 Å². The van der Waals surface area contributed by atoms with Crippen molar-refractivity contribution in [3.05, 3.63) is 113 Å². The van der Waals surface area contributed by atoms with Crippen LogP contribution >= 0.6 is 0 Å². The molecule has 0 fully saturated rings. The van der Waals surface area contributed by atoms with Gasteiger partial charge in [-0.2, -0.15) is 0 Å². The Bertz CT molecular complexity index is 1480. The van der Waals surface area contributed by atoms with Gasteiger partial charge in [-0.15, -0.1) is 5.10 Å². The first kappa shape index (κ1) is 22.2. The van der Waals surface area contributed by atoms with E-state index in [2.05, 4.69) is 73.8 Å². The fourth-order valence-electron chi connectivity index (χ4n) is 5.50. The van der Waals surface area contributed by atoms with E-state index in [0.29, 0.717) is 11.5 Å². The Kier molecular flexibility index (Phi) is 5.81. The largest absolute Gasteiger partial charge is 0.384 e. The van der Waals surface area contributed by atoms with E-state index in [4.69, 9.17) is 5.73 Å². The van der Waals surface area contributed by atoms with Crippen LogP contribution in [-0.4, -0.2) is 33.5 Å². The number of halogens is 1. The molecule has 2 atom stereocenters. The SMILES string of the molecule is Nc1cc(C(CCCN2CC(c3ccc(F)cc3)c3ccccc32)c2ccccc2)c2nn[nH]c2n1. The quantitative estimate of drug-likeness (QED) is 0.316. The van der Waals surface area contributed by atoms with Gasteiger partial charge in [0, 0.05) is 30.6 Å². The third-order valence-corrected chi connectivity index (χ3v) is 7.17. The number of anilines is 2. The Balaban J connectivity index is 1.25. The molecule has 3 aromatic carbocycles. The number of hydrogen-bond acceptors (Lipinski definition) is 5. The van der Waals surface area contributed by atoms with E-state index in [1.54, 1.807) is 12.1 Å². The Labute approximate surface area is 209 Å². The number of aromatic nitrogens is 4. The number of nitrogens with zero attached hydrogens (tertiary/aromatic N) is 4. The number of pyridine rings is 1. The molecule has 1 aliphatic rings. The molecule has 5 aromatic rings. The maximum Gasteiger partial charge on any atom is 0.178 e. The van der Waals surface area contributed by atoms with Crippen LogP contribution in [0.15, 0.2) is 84.9 Å². The number of nitrogens with one attached hydrogen (secondary N) is 1. The molecular weight excluding hydrogens is 451 g/mol. The van der Waals surface area contributed by atoms with Crippen molar-refractivity contribution in [3.63, 3.8) is 0 Å². The highest BCUT2D eigenvalue weighted by atomic mass is 19.1. The molecule has 0 radical (unpaired) electrons. The van der Waals surface area contributed by atoms with Crippen molar-refractivity contribution in [1.29, 1.82) is 0 Å². The molecule has 1 aliphatic heterocycles. The second-order valence-electron chi connectivity index (χ2n) is 9.36. The second kappa shape index (κ2) is 9.41. The van der Waals surface area contributed by atoms with Crippen molar-refractivity contribution < 1.29 is 4.39 Å². The Morgan fingerprint density at radius 3 is 2.61 bits per heavy atom. The van der Waals surface area contributed by atoms with Gasteiger partial charge in [0.25, 0.3) is 0 Å². The van der Waals surface area contributed by atoms with Crippen molar-refractivity contribution in [2.24, 2.45) is 0 Å². The van der Waals surface area contributed by atoms with Gasteiger partial charge in [0.15, 0.2) is 5.65 Å². The van der Waals surface area contributed by atoms with Gasteiger partial charge in [0.1, 0.15) is 17.2 Å². The summed E-state index contributed by atoms with van der Waals surface area (Å²) >= 11 is 0. The summed E-state index contributed by atoms with van der Waals surface area (Å²) in [5.41, 5.74) is 13.5. The van der Waals surface area contributed by atoms with E-state index in [1.807, 2.05) is 24.3 Å². The normalized spacial score (nSPS) is 15.8. The second-order valence-corrected chi connectivity index (χ2v) is 9.36. The van der Waals surface area contributed by atoms with Crippen molar-refractivity contribution in [2.75, 3.05) is 23.7 Å². The third kappa shape index (κ3) is 4.17. The minimum atomic E-state index is -0.202. The lowest BCUT2D eigenvalue weighted by Crippen LogP contribution is -2.24. The van der Waals surface area contributed by atoms with Gasteiger partial charge in [0.05, 0.1) is 0 Å². The zero-order valence-electron chi connectivity index (χ0n) is 19.8. The van der Waals surface area contributed by atoms with Crippen LogP contribution in [0.25, 0.3) is 11.2 Å². The van der Waals surface area contributed by atoms with Crippen LogP contribution in [0, 0.1) is 5.82 Å². The Morgan fingerprint density at radius 2 is 1.78 bits per heavy atom. The minimum absolute atomic E-state index is 0.120. The highest BCUT2D eigenvalue weighted by Crippen LogP contribution is 2.41. The van der Waals surface area contributed by atoms with Crippen LogP contribution in [0.3, 0.4) is 0 Å². The molecular formula is C29H27FN6. The fraction of sp³-hybridized carbons (Fsp3) is 0.207. The predicted molar refractivity (Wildman–Crippen MR) is 141 cm³/mol. The van der Waals surface area contributed by atoms with Gasteiger partial charge in [-0.05, 0) is 59.4 Å². The molecule has 0 saturated carbocycles. The molecule has 2 unspecified atom stereocenters. The summed E-state index contributed by atoms with van der Waals surface area (Å²) in [4.78, 5) is 6.81. The number of nitrogens with two attached hydrogens (primary N) is 1. The molecule has 0 aliphatic carbocycles. The molecule has 36 heavy (non-hydrogen) atoms. The minimum Gasteiger partial charge on any atom is -0.384 e. The average molecular weight is 479 g/mol. The highest BCUT2D eigenvalue weighted by molar-refractivity contribution is 5.77. The van der Waals surface area contributed by atoms with Crippen LogP contribution in [0.1, 0.15) is 46.9 Å². The lowest BCUT2D eigenvalue weighted by atomic mass is 9.87. The first-order chi connectivity index (χ1) is 17.7. The Morgan fingerprint density at radius 1 is 1.00 bits per heavy atom. The molecule has 0 bridgehead atoms. The number of rotatable bonds is 7. The Hall–Kier alpha value is -4.26. The maximum absolute atomic E-state index is 13.5. The van der Waals surface area contributed by atoms with Crippen LogP contribution in [0.4, 0.5) is 15.9 Å². The van der Waals surface area contributed by atoms with Crippen molar-refractivity contribution in [1.82, 2.24) is 20.4 Å². The summed E-state index contributed by atoms with van der Waals surface area (Å²) in [7, 11) is 0. The summed E-state index contributed by atoms with van der Waals surface area (Å²) in [6, 6.07) is 27.9. The van der Waals surface area contributed by atoms with Gasteiger partial charge >= 0.3 is 0 Å². The van der Waals surface area contributed by atoms with E-state index in [9.17, 15) is 4.39 Å². The van der Waals surface area contributed by atoms with Crippen LogP contribution in [0.2, 0.25) is 0 Å². The van der Waals surface area contributed by atoms with Gasteiger partial charge < -0.3 is 10.6 Å². The van der Waals surface area contributed by atoms with Gasteiger partial charge in [-0.25, -0.2) is 14.5 Å². The van der Waals surface area contributed by atoms with E-state index < -0.39 is 0 Å². The van der Waals surface area contributed by atoms with Crippen molar-refractivity contribution in [2.45, 2.75) is 24.7 Å². The van der Waals surface area contributed by atoms with Crippen LogP contribution in [0.5, 0.6) is 0 Å². The molecule has 6 rings (SSSR count). The number of para-hydroxylation sites is 1. The molecule has 0 spiro atoms. The molecule has 0 amide bonds. The molecule has 3 heterocycles. The van der Waals surface area contributed by atoms with E-state index >= 15 is 0 Å². The first-order valence-corrected chi connectivity index (χ1v) is 12.3. The summed E-state index contributed by atoms with van der Waals surface area (Å²) < 4.78 is 13.5. The molecule has 3 N–H and O–H groups in total. The first-order valence-electron chi connectivity index (χ1n) is 12.3. The number of hydrogen-bond donors (Lipinski definition) is 2. The smallest absolute Gasteiger partial charge is 0.178 e. The molecule has 0 saturated heterocycles. The number of benzene rings is 3. The number of fused-ring (bicyclic) bond motifs is 2. The summed E-state index contributed by atoms with van der Waals surface area (Å²) in [6.45, 7) is 1.80. The number of H-pyrrole nitrogens is 1. The standard InChI is InChI=1S/C29H27FN6/c30-21-14-12-20(13-15-21)25-18-36(26-11-5-4-9-23(25)26)16-6-10-22(19-7-2-1-3-8-19)24-17-27(31)32-29-28(24)33-35-34-29/h1-5,7-9,11-15,17,22,25H,6,10,16,18H2,(H3,31,32,33,34,35). The van der Waals surface area contributed by atoms with Crippen molar-refractivity contribution in [3.8, 4) is 0 Å².